The fourth-order valence-corrected chi connectivity index (χ4v) is 1.64. The molecule has 1 aliphatic heterocycles. The van der Waals surface area contributed by atoms with Gasteiger partial charge in [-0.25, -0.2) is 0 Å². The van der Waals surface area contributed by atoms with Gasteiger partial charge in [0.25, 0.3) is 0 Å². The van der Waals surface area contributed by atoms with E-state index in [0.29, 0.717) is 10.9 Å². The van der Waals surface area contributed by atoms with Crippen LogP contribution < -0.4 is 45.3 Å². The van der Waals surface area contributed by atoms with Crippen molar-refractivity contribution in [2.45, 2.75) is 6.92 Å². The molecule has 1 aliphatic rings. The monoisotopic (exact) mass is 437 g/mol. The normalized spacial score (nSPS) is 12.5. The number of nitrogens with zero attached hydrogens (tertiary/aromatic N) is 2. The predicted octanol–water partition coefficient (Wildman–Crippen LogP) is -4.69. The fraction of sp³-hybridized carbons (Fsp3) is 0.583. The summed E-state index contributed by atoms with van der Waals surface area (Å²) in [7, 11) is 10.7. The van der Waals surface area contributed by atoms with Crippen LogP contribution >= 0.6 is 35.6 Å². The largest absolute Gasteiger partial charge is 1.00 e. The average Bonchev–Trinajstić information content (AvgIpc) is 2.95. The molecule has 0 aromatic heterocycles. The number of hydrogen-bond acceptors (Lipinski definition) is 7. The quantitative estimate of drug-likeness (QED) is 0.210. The van der Waals surface area contributed by atoms with Crippen molar-refractivity contribution in [3.8, 4) is 0 Å². The second-order valence-corrected chi connectivity index (χ2v) is 5.21. The molecule has 0 aromatic carbocycles. The molecule has 0 unspecified atom stereocenters. The number of rotatable bonds is 1. The van der Waals surface area contributed by atoms with Crippen LogP contribution in [0.4, 0.5) is 0 Å². The number of thiocarbonyl (C=S) groups is 1. The first-order valence-electron chi connectivity index (χ1n) is 6.85. The smallest absolute Gasteiger partial charge is 0.550 e. The molecule has 9 nitrogen and oxygen atoms in total. The molecule has 0 aromatic rings. The number of carboxylic acid groups (broad SMARTS) is 2. The SMILES string of the molecule is CC(=O)[O-].CN=C1SCC(=O)N1C.CNC(=S)NC.O=C(O)CCl.[2H][B].[Na+]. The second kappa shape index (κ2) is 24.5. The average molecular weight is 438 g/mol. The van der Waals surface area contributed by atoms with Gasteiger partial charge in [-0.1, -0.05) is 11.8 Å². The van der Waals surface area contributed by atoms with E-state index >= 15 is 0 Å². The first-order chi connectivity index (χ1) is 12.1. The number of amides is 1. The minimum Gasteiger partial charge on any atom is -0.550 e. The Kier molecular flexibility index (Phi) is 31.1. The molecule has 14 heteroatoms. The van der Waals surface area contributed by atoms with Crippen LogP contribution in [0.1, 0.15) is 6.92 Å². The molecular formula is C12H23BClN4NaO5S2. The molecule has 1 heterocycles. The molecule has 1 rings (SSSR count). The Morgan fingerprint density at radius 2 is 1.85 bits per heavy atom. The van der Waals surface area contributed by atoms with Crippen molar-refractivity contribution in [2.75, 3.05) is 39.8 Å². The van der Waals surface area contributed by atoms with Gasteiger partial charge in [0.15, 0.2) is 10.3 Å². The van der Waals surface area contributed by atoms with Gasteiger partial charge in [-0.05, 0) is 20.5 Å². The van der Waals surface area contributed by atoms with Gasteiger partial charge in [0, 0.05) is 42.5 Å². The zero-order valence-corrected chi connectivity index (χ0v) is 20.0. The van der Waals surface area contributed by atoms with Gasteiger partial charge in [0.2, 0.25) is 5.91 Å². The maximum atomic E-state index is 10.8. The Morgan fingerprint density at radius 1 is 1.50 bits per heavy atom. The predicted molar refractivity (Wildman–Crippen MR) is 105 cm³/mol. The molecule has 0 spiro atoms. The van der Waals surface area contributed by atoms with Crippen molar-refractivity contribution < 1.29 is 54.2 Å². The summed E-state index contributed by atoms with van der Waals surface area (Å²) in [6, 6.07) is 0. The first-order valence-corrected chi connectivity index (χ1v) is 8.21. The molecule has 3 N–H and O–H groups in total. The summed E-state index contributed by atoms with van der Waals surface area (Å²) < 4.78 is 5.25. The number of carboxylic acids is 2. The van der Waals surface area contributed by atoms with Gasteiger partial charge in [0.05, 0.1) is 5.75 Å². The number of amidine groups is 1. The Morgan fingerprint density at radius 3 is 1.92 bits per heavy atom. The number of aliphatic imine (C=N–C) groups is 1. The molecule has 144 valence electrons. The summed E-state index contributed by atoms with van der Waals surface area (Å²) >= 11 is 10.9. The minimum absolute atomic E-state index is 0. The Labute approximate surface area is 193 Å². The van der Waals surface area contributed by atoms with Crippen LogP contribution in [0, 0.1) is 0 Å². The van der Waals surface area contributed by atoms with E-state index in [1.807, 2.05) is 0 Å². The zero-order valence-electron chi connectivity index (χ0n) is 16.7. The van der Waals surface area contributed by atoms with E-state index < -0.39 is 11.9 Å². The van der Waals surface area contributed by atoms with E-state index in [4.69, 9.17) is 27.9 Å². The molecule has 2 radical (unpaired) electrons. The molecule has 0 saturated carbocycles. The van der Waals surface area contributed by atoms with Gasteiger partial charge in [-0.15, -0.1) is 11.6 Å². The van der Waals surface area contributed by atoms with E-state index in [9.17, 15) is 9.59 Å². The van der Waals surface area contributed by atoms with Crippen molar-refractivity contribution in [1.29, 1.82) is 1.34 Å². The topological polar surface area (TPSA) is 134 Å². The number of aliphatic carboxylic acids is 2. The van der Waals surface area contributed by atoms with Gasteiger partial charge in [-0.3, -0.25) is 19.5 Å². The van der Waals surface area contributed by atoms with Crippen LogP contribution in [-0.2, 0) is 14.4 Å². The van der Waals surface area contributed by atoms with Crippen LogP contribution in [-0.4, -0.2) is 87.7 Å². The number of carbonyl (C=O) groups excluding carboxylic acids is 2. The number of halogens is 1. The second-order valence-electron chi connectivity index (χ2n) is 3.60. The van der Waals surface area contributed by atoms with Crippen LogP contribution in [0.25, 0.3) is 0 Å². The number of nitrogens with one attached hydrogen (secondary N) is 2. The van der Waals surface area contributed by atoms with E-state index in [1.54, 1.807) is 33.1 Å². The van der Waals surface area contributed by atoms with Gasteiger partial charge >= 0.3 is 35.5 Å². The molecule has 0 bridgehead atoms. The van der Waals surface area contributed by atoms with E-state index in [2.05, 4.69) is 36.2 Å². The number of thioether (sulfide) groups is 1. The Balaban J connectivity index is -0.0000000800. The third kappa shape index (κ3) is 28.3. The summed E-state index contributed by atoms with van der Waals surface area (Å²) in [5.41, 5.74) is 0. The zero-order chi connectivity index (χ0) is 21.7. The van der Waals surface area contributed by atoms with Crippen LogP contribution in [0.5, 0.6) is 0 Å². The Hall–Kier alpha value is -0.525. The van der Waals surface area contributed by atoms with Crippen molar-refractivity contribution >= 4 is 72.1 Å². The van der Waals surface area contributed by atoms with Gasteiger partial charge in [-0.2, -0.15) is 0 Å². The third-order valence-electron chi connectivity index (χ3n) is 1.75. The molecule has 1 saturated heterocycles. The van der Waals surface area contributed by atoms with E-state index in [1.165, 1.54) is 11.8 Å². The first kappa shape index (κ1) is 33.1. The van der Waals surface area contributed by atoms with Crippen LogP contribution in [0.15, 0.2) is 4.99 Å². The molecule has 1 amide bonds. The molecule has 0 atom stereocenters. The van der Waals surface area contributed by atoms with Crippen LogP contribution in [0.3, 0.4) is 0 Å². The molecule has 0 aliphatic carbocycles. The summed E-state index contributed by atoms with van der Waals surface area (Å²) in [5, 5.41) is 23.4. The van der Waals surface area contributed by atoms with Crippen molar-refractivity contribution in [3.05, 3.63) is 0 Å². The summed E-state index contributed by atoms with van der Waals surface area (Å²) in [6.45, 7) is 0.972. The summed E-state index contributed by atoms with van der Waals surface area (Å²) in [6.07, 6.45) is 0. The van der Waals surface area contributed by atoms with E-state index in [0.717, 1.165) is 12.1 Å². The van der Waals surface area contributed by atoms with Crippen molar-refractivity contribution in [3.63, 3.8) is 0 Å². The van der Waals surface area contributed by atoms with Gasteiger partial charge in [0.1, 0.15) is 5.88 Å². The van der Waals surface area contributed by atoms with Gasteiger partial charge < -0.3 is 25.6 Å². The minimum atomic E-state index is -1.08. The molecule has 1 fully saturated rings. The standard InChI is InChI=1S/C5H8N2OS.C3H8N2S.C2H3ClO2.C2H4O2.BH.Na/c1-6-5-7(2)4(8)3-9-5;1-4-3(6)5-2;3-1-2(4)5;1-2(3)4;;/h3H2,1-2H3;1-2H3,(H2,4,5,6);1H2,(H,4,5);1H3,(H,3,4);1H;/q;;;;;+1/p-1/i;;;;1D;. The maximum Gasteiger partial charge on any atom is 1.00 e. The van der Waals surface area contributed by atoms with Crippen molar-refractivity contribution in [1.82, 2.24) is 15.5 Å². The Bertz CT molecular complexity index is 458. The summed E-state index contributed by atoms with van der Waals surface area (Å²) in [4.78, 5) is 34.4. The summed E-state index contributed by atoms with van der Waals surface area (Å²) in [5.74, 6) is -1.68. The number of alkyl halides is 1. The number of carbonyl (C=O) groups is 3. The van der Waals surface area contributed by atoms with Crippen LogP contribution in [0.2, 0.25) is 0 Å². The maximum absolute atomic E-state index is 10.8. The fourth-order valence-electron chi connectivity index (χ4n) is 0.766. The van der Waals surface area contributed by atoms with E-state index in [-0.39, 0.29) is 41.3 Å². The molecule has 26 heavy (non-hydrogen) atoms. The third-order valence-corrected chi connectivity index (χ3v) is 3.49. The van der Waals surface area contributed by atoms with Crippen molar-refractivity contribution in [2.24, 2.45) is 4.99 Å². The number of hydrogen-bond donors (Lipinski definition) is 3. The molecular weight excluding hydrogens is 414 g/mol.